The Hall–Kier alpha value is -4.70. The maximum atomic E-state index is 13.1. The van der Waals surface area contributed by atoms with Crippen LogP contribution in [0.5, 0.6) is 0 Å². The van der Waals surface area contributed by atoms with E-state index in [0.717, 1.165) is 23.2 Å². The van der Waals surface area contributed by atoms with Gasteiger partial charge in [-0.25, -0.2) is 14.7 Å². The summed E-state index contributed by atoms with van der Waals surface area (Å²) in [7, 11) is 0. The topological polar surface area (TPSA) is 130 Å². The van der Waals surface area contributed by atoms with Crippen molar-refractivity contribution in [3.63, 3.8) is 0 Å². The van der Waals surface area contributed by atoms with Gasteiger partial charge in [0.15, 0.2) is 5.58 Å². The number of oxazole rings is 1. The number of thioether (sulfide) groups is 1. The van der Waals surface area contributed by atoms with Gasteiger partial charge in [-0.2, -0.15) is 0 Å². The number of nitrogens with zero attached hydrogens (tertiary/aromatic N) is 2. The minimum Gasteiger partial charge on any atom is -0.478 e. The molecule has 1 aliphatic rings. The van der Waals surface area contributed by atoms with Crippen LogP contribution in [0, 0.1) is 0 Å². The number of carboxylic acid groups (broad SMARTS) is 1. The highest BCUT2D eigenvalue weighted by Gasteiger charge is 2.40. The summed E-state index contributed by atoms with van der Waals surface area (Å²) in [5, 5.41) is 10.6. The first-order valence-corrected chi connectivity index (χ1v) is 12.1. The number of benzene rings is 3. The Morgan fingerprint density at radius 3 is 2.57 bits per heavy atom. The lowest BCUT2D eigenvalue weighted by Gasteiger charge is -2.15. The SMILES string of the molecule is O=C(O)C=CC(=O)Nc1cccc(SC2CC(=O)N(c3ccc(-c4nc5ccccc5o4)cc3)C2=O)c1. The lowest BCUT2D eigenvalue weighted by Crippen LogP contribution is -2.31. The largest absolute Gasteiger partial charge is 0.478 e. The molecule has 184 valence electrons. The zero-order valence-corrected chi connectivity index (χ0v) is 20.0. The second-order valence-electron chi connectivity index (χ2n) is 8.10. The van der Waals surface area contributed by atoms with Gasteiger partial charge in [-0.3, -0.25) is 14.4 Å². The highest BCUT2D eigenvalue weighted by Crippen LogP contribution is 2.35. The van der Waals surface area contributed by atoms with Gasteiger partial charge in [0.1, 0.15) is 5.52 Å². The van der Waals surface area contributed by atoms with Gasteiger partial charge >= 0.3 is 5.97 Å². The molecule has 1 aromatic heterocycles. The van der Waals surface area contributed by atoms with E-state index in [-0.39, 0.29) is 18.2 Å². The smallest absolute Gasteiger partial charge is 0.328 e. The molecular formula is C27H19N3O6S. The molecule has 5 rings (SSSR count). The fourth-order valence-corrected chi connectivity index (χ4v) is 4.97. The number of amides is 3. The monoisotopic (exact) mass is 513 g/mol. The van der Waals surface area contributed by atoms with Gasteiger partial charge < -0.3 is 14.8 Å². The molecule has 3 aromatic carbocycles. The van der Waals surface area contributed by atoms with E-state index in [1.807, 2.05) is 24.3 Å². The third kappa shape index (κ3) is 5.29. The number of aliphatic carboxylic acids is 1. The number of imide groups is 1. The van der Waals surface area contributed by atoms with Gasteiger partial charge in [0.25, 0.3) is 0 Å². The Labute approximate surface area is 214 Å². The Balaban J connectivity index is 1.27. The van der Waals surface area contributed by atoms with Gasteiger partial charge in [0.05, 0.1) is 10.9 Å². The summed E-state index contributed by atoms with van der Waals surface area (Å²) >= 11 is 1.22. The van der Waals surface area contributed by atoms with Crippen LogP contribution < -0.4 is 10.2 Å². The molecule has 0 spiro atoms. The lowest BCUT2D eigenvalue weighted by molar-refractivity contribution is -0.131. The predicted molar refractivity (Wildman–Crippen MR) is 138 cm³/mol. The van der Waals surface area contributed by atoms with Crippen molar-refractivity contribution in [2.45, 2.75) is 16.6 Å². The number of aromatic nitrogens is 1. The Bertz CT molecular complexity index is 1530. The number of para-hydroxylation sites is 2. The van der Waals surface area contributed by atoms with Crippen molar-refractivity contribution < 1.29 is 28.7 Å². The van der Waals surface area contributed by atoms with Crippen molar-refractivity contribution in [2.24, 2.45) is 0 Å². The molecule has 4 aromatic rings. The minimum atomic E-state index is -1.23. The molecule has 10 heteroatoms. The van der Waals surface area contributed by atoms with Crippen molar-refractivity contribution in [1.29, 1.82) is 0 Å². The van der Waals surface area contributed by atoms with Gasteiger partial charge in [-0.05, 0) is 54.6 Å². The average molecular weight is 514 g/mol. The first-order valence-electron chi connectivity index (χ1n) is 11.2. The maximum Gasteiger partial charge on any atom is 0.328 e. The van der Waals surface area contributed by atoms with Gasteiger partial charge in [0.2, 0.25) is 23.6 Å². The van der Waals surface area contributed by atoms with E-state index in [2.05, 4.69) is 10.3 Å². The first-order chi connectivity index (χ1) is 17.9. The van der Waals surface area contributed by atoms with Crippen LogP contribution >= 0.6 is 11.8 Å². The number of hydrogen-bond acceptors (Lipinski definition) is 7. The van der Waals surface area contributed by atoms with E-state index in [1.165, 1.54) is 16.7 Å². The van der Waals surface area contributed by atoms with Crippen LogP contribution in [0.3, 0.4) is 0 Å². The van der Waals surface area contributed by atoms with E-state index in [9.17, 15) is 19.2 Å². The summed E-state index contributed by atoms with van der Waals surface area (Å²) in [6.45, 7) is 0. The zero-order chi connectivity index (χ0) is 25.9. The third-order valence-corrected chi connectivity index (χ3v) is 6.71. The molecule has 0 radical (unpaired) electrons. The van der Waals surface area contributed by atoms with Gasteiger partial charge in [-0.1, -0.05) is 18.2 Å². The van der Waals surface area contributed by atoms with Crippen LogP contribution in [0.1, 0.15) is 6.42 Å². The quantitative estimate of drug-likeness (QED) is 0.273. The fraction of sp³-hybridized carbons (Fsp3) is 0.0741. The molecule has 1 saturated heterocycles. The van der Waals surface area contributed by atoms with Gasteiger partial charge in [0, 0.05) is 34.7 Å². The highest BCUT2D eigenvalue weighted by molar-refractivity contribution is 8.00. The molecule has 1 aliphatic heterocycles. The van der Waals surface area contributed by atoms with Crippen LogP contribution in [0.2, 0.25) is 0 Å². The Morgan fingerprint density at radius 1 is 1.03 bits per heavy atom. The predicted octanol–water partition coefficient (Wildman–Crippen LogP) is 4.50. The van der Waals surface area contributed by atoms with Crippen LogP contribution in [0.25, 0.3) is 22.6 Å². The van der Waals surface area contributed by atoms with Crippen molar-refractivity contribution in [3.8, 4) is 11.5 Å². The van der Waals surface area contributed by atoms with E-state index in [0.29, 0.717) is 27.7 Å². The number of hydrogen-bond donors (Lipinski definition) is 2. The number of nitrogens with one attached hydrogen (secondary N) is 1. The number of carbonyl (C=O) groups is 4. The summed E-state index contributed by atoms with van der Waals surface area (Å²) in [6, 6.07) is 21.1. The summed E-state index contributed by atoms with van der Waals surface area (Å²) < 4.78 is 5.78. The van der Waals surface area contributed by atoms with Gasteiger partial charge in [-0.15, -0.1) is 11.8 Å². The zero-order valence-electron chi connectivity index (χ0n) is 19.2. The normalized spacial score (nSPS) is 15.6. The lowest BCUT2D eigenvalue weighted by atomic mass is 10.2. The van der Waals surface area contributed by atoms with Crippen molar-refractivity contribution in [1.82, 2.24) is 4.98 Å². The molecule has 1 unspecified atom stereocenters. The van der Waals surface area contributed by atoms with E-state index in [4.69, 9.17) is 9.52 Å². The molecule has 1 atom stereocenters. The highest BCUT2D eigenvalue weighted by atomic mass is 32.2. The Kier molecular flexibility index (Phi) is 6.57. The standard InChI is InChI=1S/C27H19N3O6S/c31-23(12-13-25(33)34)28-17-4-3-5-19(14-17)37-22-15-24(32)30(27(22)35)18-10-8-16(9-11-18)26-29-20-6-1-2-7-21(20)36-26/h1-14,22H,15H2,(H,28,31)(H,33,34). The molecule has 2 N–H and O–H groups in total. The summed E-state index contributed by atoms with van der Waals surface area (Å²) in [5.74, 6) is -2.01. The van der Waals surface area contributed by atoms with Crippen molar-refractivity contribution >= 4 is 57.9 Å². The molecular weight excluding hydrogens is 494 g/mol. The summed E-state index contributed by atoms with van der Waals surface area (Å²) in [6.07, 6.45) is 1.69. The second-order valence-corrected chi connectivity index (χ2v) is 9.38. The maximum absolute atomic E-state index is 13.1. The van der Waals surface area contributed by atoms with Crippen LogP contribution in [0.4, 0.5) is 11.4 Å². The molecule has 37 heavy (non-hydrogen) atoms. The molecule has 2 heterocycles. The van der Waals surface area contributed by atoms with Crippen LogP contribution in [-0.2, 0) is 19.2 Å². The molecule has 0 bridgehead atoms. The number of anilines is 2. The molecule has 0 saturated carbocycles. The minimum absolute atomic E-state index is 0.0360. The first kappa shape index (κ1) is 24.0. The third-order valence-electron chi connectivity index (χ3n) is 5.53. The van der Waals surface area contributed by atoms with Crippen LogP contribution in [0.15, 0.2) is 94.3 Å². The molecule has 3 amide bonds. The molecule has 9 nitrogen and oxygen atoms in total. The van der Waals surface area contributed by atoms with E-state index in [1.54, 1.807) is 48.5 Å². The van der Waals surface area contributed by atoms with E-state index >= 15 is 0 Å². The second kappa shape index (κ2) is 10.1. The molecule has 1 fully saturated rings. The average Bonchev–Trinajstić information content (AvgIpc) is 3.43. The van der Waals surface area contributed by atoms with Crippen molar-refractivity contribution in [2.75, 3.05) is 10.2 Å². The Morgan fingerprint density at radius 2 is 1.81 bits per heavy atom. The molecule has 0 aliphatic carbocycles. The number of carbonyl (C=O) groups excluding carboxylic acids is 3. The van der Waals surface area contributed by atoms with Crippen LogP contribution in [-0.4, -0.2) is 39.0 Å². The number of rotatable bonds is 7. The number of carboxylic acids is 1. The number of fused-ring (bicyclic) bond motifs is 1. The fourth-order valence-electron chi connectivity index (χ4n) is 3.86. The summed E-state index contributed by atoms with van der Waals surface area (Å²) in [5.41, 5.74) is 3.04. The van der Waals surface area contributed by atoms with E-state index < -0.39 is 17.1 Å². The van der Waals surface area contributed by atoms with Crippen molar-refractivity contribution in [3.05, 3.63) is 84.9 Å². The summed E-state index contributed by atoms with van der Waals surface area (Å²) in [4.78, 5) is 54.6.